The molecule has 152 valence electrons. The van der Waals surface area contributed by atoms with Gasteiger partial charge in [0.1, 0.15) is 5.01 Å². The summed E-state index contributed by atoms with van der Waals surface area (Å²) in [7, 11) is 2.14. The number of fused-ring (bicyclic) bond motifs is 2. The molecule has 1 aromatic heterocycles. The van der Waals surface area contributed by atoms with Crippen LogP contribution in [0.1, 0.15) is 55.6 Å². The maximum Gasteiger partial charge on any atom is 0.194 e. The molecule has 3 unspecified atom stereocenters. The molecule has 1 aliphatic heterocycles. The van der Waals surface area contributed by atoms with Gasteiger partial charge in [-0.1, -0.05) is 13.8 Å². The zero-order valence-corrected chi connectivity index (χ0v) is 20.1. The monoisotopic (exact) mass is 504 g/mol. The minimum atomic E-state index is 0. The van der Waals surface area contributed by atoms with Crippen molar-refractivity contribution in [1.82, 2.24) is 15.2 Å². The Morgan fingerprint density at radius 2 is 2.15 bits per heavy atom. The van der Waals surface area contributed by atoms with Gasteiger partial charge in [-0.05, 0) is 39.0 Å². The molecule has 0 bridgehead atoms. The van der Waals surface area contributed by atoms with Crippen LogP contribution in [0.25, 0.3) is 0 Å². The van der Waals surface area contributed by atoms with Gasteiger partial charge in [0.15, 0.2) is 5.96 Å². The van der Waals surface area contributed by atoms with Crippen LogP contribution in [0.4, 0.5) is 0 Å². The maximum atomic E-state index is 5.94. The minimum absolute atomic E-state index is 0. The largest absolute Gasteiger partial charge is 0.377 e. The van der Waals surface area contributed by atoms with E-state index in [1.165, 1.54) is 34.8 Å². The number of aryl methyl sites for hydroxylation is 2. The van der Waals surface area contributed by atoms with Crippen molar-refractivity contribution >= 4 is 41.3 Å². The van der Waals surface area contributed by atoms with Gasteiger partial charge in [0.25, 0.3) is 0 Å². The first-order valence-electron chi connectivity index (χ1n) is 10.1. The molecule has 2 fully saturated rings. The third kappa shape index (κ3) is 4.01. The van der Waals surface area contributed by atoms with Gasteiger partial charge in [-0.3, -0.25) is 4.99 Å². The van der Waals surface area contributed by atoms with Gasteiger partial charge in [0.05, 0.1) is 18.3 Å². The van der Waals surface area contributed by atoms with Crippen molar-refractivity contribution in [3.05, 3.63) is 15.6 Å². The molecule has 2 aliphatic carbocycles. The third-order valence-electron chi connectivity index (χ3n) is 6.32. The van der Waals surface area contributed by atoms with Crippen LogP contribution in [0.5, 0.6) is 0 Å². The van der Waals surface area contributed by atoms with E-state index in [-0.39, 0.29) is 29.4 Å². The summed E-state index contributed by atoms with van der Waals surface area (Å²) in [4.78, 5) is 13.4. The van der Waals surface area contributed by atoms with E-state index in [0.717, 1.165) is 38.5 Å². The van der Waals surface area contributed by atoms with Crippen molar-refractivity contribution < 1.29 is 4.74 Å². The molecule has 3 atom stereocenters. The number of aliphatic imine (C=N–C) groups is 1. The Bertz CT molecular complexity index is 666. The second-order valence-electron chi connectivity index (χ2n) is 8.53. The molecule has 0 radical (unpaired) electrons. The summed E-state index contributed by atoms with van der Waals surface area (Å²) in [6, 6.07) is 0.437. The Labute approximate surface area is 184 Å². The molecular formula is C20H33IN4OS. The van der Waals surface area contributed by atoms with Crippen molar-refractivity contribution in [3.8, 4) is 0 Å². The first-order valence-corrected chi connectivity index (χ1v) is 10.9. The van der Waals surface area contributed by atoms with E-state index in [0.29, 0.717) is 18.1 Å². The molecule has 3 aliphatic rings. The second-order valence-corrected chi connectivity index (χ2v) is 9.69. The lowest BCUT2D eigenvalue weighted by atomic mass is 9.57. The van der Waals surface area contributed by atoms with Gasteiger partial charge in [-0.15, -0.1) is 35.3 Å². The molecule has 0 aromatic carbocycles. The number of hydrogen-bond acceptors (Lipinski definition) is 4. The quantitative estimate of drug-likeness (QED) is 0.385. The number of ether oxygens (including phenoxy) is 1. The van der Waals surface area contributed by atoms with Crippen LogP contribution >= 0.6 is 35.3 Å². The van der Waals surface area contributed by atoms with Gasteiger partial charge >= 0.3 is 0 Å². The number of guanidine groups is 1. The van der Waals surface area contributed by atoms with Gasteiger partial charge in [0.2, 0.25) is 0 Å². The Hall–Kier alpha value is -0.410. The Morgan fingerprint density at radius 3 is 2.89 bits per heavy atom. The fourth-order valence-electron chi connectivity index (χ4n) is 4.93. The molecule has 4 rings (SSSR count). The summed E-state index contributed by atoms with van der Waals surface area (Å²) < 4.78 is 5.94. The molecule has 1 saturated carbocycles. The van der Waals surface area contributed by atoms with Crippen molar-refractivity contribution in [2.75, 3.05) is 20.2 Å². The molecule has 2 heterocycles. The van der Waals surface area contributed by atoms with Crippen LogP contribution in [-0.2, 0) is 24.1 Å². The van der Waals surface area contributed by atoms with Crippen LogP contribution in [-0.4, -0.2) is 48.2 Å². The van der Waals surface area contributed by atoms with Gasteiger partial charge in [0, 0.05) is 42.5 Å². The lowest BCUT2D eigenvalue weighted by molar-refractivity contribution is -0.107. The maximum absolute atomic E-state index is 5.94. The summed E-state index contributed by atoms with van der Waals surface area (Å²) in [6.45, 7) is 9.26. The van der Waals surface area contributed by atoms with Crippen LogP contribution < -0.4 is 5.32 Å². The summed E-state index contributed by atoms with van der Waals surface area (Å²) in [5.74, 6) is 1.62. The lowest BCUT2D eigenvalue weighted by Gasteiger charge is -2.55. The zero-order valence-electron chi connectivity index (χ0n) is 17.0. The zero-order chi connectivity index (χ0) is 18.3. The average Bonchev–Trinajstić information content (AvgIpc) is 3.23. The van der Waals surface area contributed by atoms with Crippen LogP contribution in [0.2, 0.25) is 0 Å². The highest BCUT2D eigenvalue weighted by Gasteiger charge is 2.59. The predicted molar refractivity (Wildman–Crippen MR) is 122 cm³/mol. The number of rotatable bonds is 4. The predicted octanol–water partition coefficient (Wildman–Crippen LogP) is 3.85. The fraction of sp³-hybridized carbons (Fsp3) is 0.800. The Balaban J connectivity index is 0.00000210. The Kier molecular flexibility index (Phi) is 6.73. The van der Waals surface area contributed by atoms with Gasteiger partial charge < -0.3 is 15.0 Å². The van der Waals surface area contributed by atoms with E-state index in [1.54, 1.807) is 0 Å². The second kappa shape index (κ2) is 8.53. The van der Waals surface area contributed by atoms with Crippen molar-refractivity contribution in [1.29, 1.82) is 0 Å². The van der Waals surface area contributed by atoms with E-state index < -0.39 is 0 Å². The van der Waals surface area contributed by atoms with Gasteiger partial charge in [-0.2, -0.15) is 0 Å². The molecular weight excluding hydrogens is 471 g/mol. The molecule has 5 nitrogen and oxygen atoms in total. The first kappa shape index (κ1) is 21.3. The molecule has 27 heavy (non-hydrogen) atoms. The molecule has 1 aromatic rings. The van der Waals surface area contributed by atoms with Crippen LogP contribution in [0.3, 0.4) is 0 Å². The average molecular weight is 504 g/mol. The lowest BCUT2D eigenvalue weighted by Crippen LogP contribution is -2.67. The Morgan fingerprint density at radius 1 is 1.37 bits per heavy atom. The highest BCUT2D eigenvalue weighted by Crippen LogP contribution is 2.52. The van der Waals surface area contributed by atoms with E-state index in [9.17, 15) is 0 Å². The molecule has 1 N–H and O–H groups in total. The van der Waals surface area contributed by atoms with E-state index >= 15 is 0 Å². The number of nitrogens with one attached hydrogen (secondary N) is 1. The molecule has 7 heteroatoms. The number of hydrogen-bond donors (Lipinski definition) is 1. The van der Waals surface area contributed by atoms with Crippen molar-refractivity contribution in [3.63, 3.8) is 0 Å². The first-order chi connectivity index (χ1) is 12.5. The molecule has 0 spiro atoms. The highest BCUT2D eigenvalue weighted by molar-refractivity contribution is 14.0. The SMILES string of the molecule is CCN=C(NC1C2CCOC2C1(C)C)N(C)Cc1nc2c(s1)CCCC2.I. The number of nitrogens with zero attached hydrogens (tertiary/aromatic N) is 3. The number of thiazole rings is 1. The summed E-state index contributed by atoms with van der Waals surface area (Å²) in [5.41, 5.74) is 1.51. The van der Waals surface area contributed by atoms with Crippen LogP contribution in [0, 0.1) is 11.3 Å². The summed E-state index contributed by atoms with van der Waals surface area (Å²) in [6.07, 6.45) is 6.54. The summed E-state index contributed by atoms with van der Waals surface area (Å²) in [5, 5.41) is 4.99. The normalized spacial score (nSPS) is 28.6. The van der Waals surface area contributed by atoms with Crippen LogP contribution in [0.15, 0.2) is 4.99 Å². The minimum Gasteiger partial charge on any atom is -0.377 e. The van der Waals surface area contributed by atoms with Crippen molar-refractivity contribution in [2.24, 2.45) is 16.3 Å². The third-order valence-corrected chi connectivity index (χ3v) is 7.46. The molecule has 1 saturated heterocycles. The summed E-state index contributed by atoms with van der Waals surface area (Å²) >= 11 is 1.90. The fourth-order valence-corrected chi connectivity index (χ4v) is 6.14. The number of aromatic nitrogens is 1. The standard InChI is InChI=1S/C20H32N4OS.HI/c1-5-21-19(23-17-13-10-11-25-18(13)20(17,2)3)24(4)12-16-22-14-8-6-7-9-15(14)26-16;/h13,17-18H,5-12H2,1-4H3,(H,21,23);1H. The van der Waals surface area contributed by atoms with Gasteiger partial charge in [-0.25, -0.2) is 4.98 Å². The van der Waals surface area contributed by atoms with Crippen molar-refractivity contribution in [2.45, 2.75) is 71.6 Å². The van der Waals surface area contributed by atoms with E-state index in [2.05, 4.69) is 38.0 Å². The topological polar surface area (TPSA) is 49.8 Å². The smallest absolute Gasteiger partial charge is 0.194 e. The molecule has 0 amide bonds. The number of halogens is 1. The van der Waals surface area contributed by atoms with E-state index in [1.807, 2.05) is 11.3 Å². The highest BCUT2D eigenvalue weighted by atomic mass is 127. The van der Waals surface area contributed by atoms with E-state index in [4.69, 9.17) is 14.7 Å².